The molecule has 0 aliphatic carbocycles. The summed E-state index contributed by atoms with van der Waals surface area (Å²) in [6.07, 6.45) is 4.64. The third-order valence-corrected chi connectivity index (χ3v) is 5.73. The Balaban J connectivity index is 0.00000306. The Morgan fingerprint density at radius 1 is 1.18 bits per heavy atom. The second kappa shape index (κ2) is 11.4. The number of guanidine groups is 1. The van der Waals surface area contributed by atoms with Gasteiger partial charge >= 0.3 is 0 Å². The van der Waals surface area contributed by atoms with Crippen molar-refractivity contribution in [1.29, 1.82) is 0 Å². The van der Waals surface area contributed by atoms with Gasteiger partial charge in [0.25, 0.3) is 0 Å². The molecule has 1 saturated heterocycles. The number of aliphatic imine (C=N–C) groups is 1. The highest BCUT2D eigenvalue weighted by molar-refractivity contribution is 14.0. The molecule has 1 fully saturated rings. The van der Waals surface area contributed by atoms with Crippen LogP contribution in [-0.4, -0.2) is 41.7 Å². The van der Waals surface area contributed by atoms with Crippen LogP contribution in [0.2, 0.25) is 0 Å². The maximum atomic E-state index is 14.1. The predicted octanol–water partition coefficient (Wildman–Crippen LogP) is 4.08. The number of anilines is 1. The van der Waals surface area contributed by atoms with E-state index in [4.69, 9.17) is 0 Å². The Bertz CT molecular complexity index is 1100. The molecular weight excluding hydrogens is 537 g/mol. The lowest BCUT2D eigenvalue weighted by Crippen LogP contribution is -2.44. The second-order valence-corrected chi connectivity index (χ2v) is 8.02. The highest BCUT2D eigenvalue weighted by Gasteiger charge is 2.25. The van der Waals surface area contributed by atoms with E-state index >= 15 is 0 Å². The van der Waals surface area contributed by atoms with Crippen LogP contribution in [0.3, 0.4) is 0 Å². The van der Waals surface area contributed by atoms with Gasteiger partial charge < -0.3 is 20.1 Å². The van der Waals surface area contributed by atoms with Crippen molar-refractivity contribution in [2.24, 2.45) is 4.99 Å². The Morgan fingerprint density at radius 3 is 2.73 bits per heavy atom. The molecule has 0 bridgehead atoms. The number of aryl methyl sites for hydroxylation is 1. The second-order valence-electron chi connectivity index (χ2n) is 8.02. The third-order valence-electron chi connectivity index (χ3n) is 5.73. The van der Waals surface area contributed by atoms with E-state index in [9.17, 15) is 8.78 Å². The Kier molecular flexibility index (Phi) is 8.65. The average Bonchev–Trinajstić information content (AvgIpc) is 3.40. The Morgan fingerprint density at radius 2 is 2.00 bits per heavy atom. The summed E-state index contributed by atoms with van der Waals surface area (Å²) in [4.78, 5) is 10.5. The third kappa shape index (κ3) is 6.43. The van der Waals surface area contributed by atoms with Crippen molar-refractivity contribution >= 4 is 35.6 Å². The first kappa shape index (κ1) is 24.9. The van der Waals surface area contributed by atoms with Gasteiger partial charge in [0.05, 0.1) is 5.69 Å². The van der Waals surface area contributed by atoms with Gasteiger partial charge in [-0.15, -0.1) is 24.0 Å². The van der Waals surface area contributed by atoms with Gasteiger partial charge in [0.2, 0.25) is 0 Å². The summed E-state index contributed by atoms with van der Waals surface area (Å²) in [5.74, 6) is 0.601. The van der Waals surface area contributed by atoms with Gasteiger partial charge in [-0.05, 0) is 36.6 Å². The molecule has 3 aromatic rings. The molecule has 9 heteroatoms. The van der Waals surface area contributed by atoms with Crippen LogP contribution in [0.5, 0.6) is 0 Å². The molecule has 0 radical (unpaired) electrons. The molecule has 33 heavy (non-hydrogen) atoms. The minimum absolute atomic E-state index is 0. The normalized spacial score (nSPS) is 15.9. The number of hydrogen-bond acceptors (Lipinski definition) is 3. The van der Waals surface area contributed by atoms with Gasteiger partial charge in [0.15, 0.2) is 5.96 Å². The predicted molar refractivity (Wildman–Crippen MR) is 138 cm³/mol. The number of nitrogens with zero attached hydrogens (tertiary/aromatic N) is 4. The van der Waals surface area contributed by atoms with Crippen LogP contribution >= 0.6 is 24.0 Å². The first-order valence-corrected chi connectivity index (χ1v) is 10.7. The highest BCUT2D eigenvalue weighted by Crippen LogP contribution is 2.24. The maximum Gasteiger partial charge on any atom is 0.191 e. The fourth-order valence-corrected chi connectivity index (χ4v) is 4.01. The van der Waals surface area contributed by atoms with E-state index in [0.29, 0.717) is 31.3 Å². The number of benzene rings is 2. The number of aromatic nitrogens is 2. The van der Waals surface area contributed by atoms with Gasteiger partial charge in [0, 0.05) is 57.7 Å². The molecule has 0 saturated carbocycles. The zero-order valence-corrected chi connectivity index (χ0v) is 21.1. The summed E-state index contributed by atoms with van der Waals surface area (Å²) in [6, 6.07) is 12.3. The van der Waals surface area contributed by atoms with Gasteiger partial charge in [-0.2, -0.15) is 0 Å². The van der Waals surface area contributed by atoms with Crippen molar-refractivity contribution in [1.82, 2.24) is 20.2 Å². The topological polar surface area (TPSA) is 57.5 Å². The summed E-state index contributed by atoms with van der Waals surface area (Å²) < 4.78 is 29.4. The van der Waals surface area contributed by atoms with E-state index in [1.54, 1.807) is 7.05 Å². The van der Waals surface area contributed by atoms with Gasteiger partial charge in [-0.1, -0.05) is 24.3 Å². The molecule has 0 spiro atoms. The molecule has 4 rings (SSSR count). The van der Waals surface area contributed by atoms with E-state index in [1.165, 1.54) is 17.7 Å². The van der Waals surface area contributed by atoms with Crippen molar-refractivity contribution in [2.75, 3.05) is 25.0 Å². The van der Waals surface area contributed by atoms with Crippen molar-refractivity contribution in [3.8, 4) is 0 Å². The first-order chi connectivity index (χ1) is 15.5. The van der Waals surface area contributed by atoms with Crippen LogP contribution in [0.15, 0.2) is 59.9 Å². The quantitative estimate of drug-likeness (QED) is 0.269. The molecule has 0 amide bonds. The zero-order chi connectivity index (χ0) is 22.5. The number of imidazole rings is 1. The average molecular weight is 566 g/mol. The van der Waals surface area contributed by atoms with E-state index in [2.05, 4.69) is 49.4 Å². The summed E-state index contributed by atoms with van der Waals surface area (Å²) in [5, 5.41) is 6.77. The van der Waals surface area contributed by atoms with E-state index < -0.39 is 11.6 Å². The van der Waals surface area contributed by atoms with E-state index in [-0.39, 0.29) is 30.0 Å². The number of nitrogens with one attached hydrogen (secondary N) is 2. The number of hydrogen-bond donors (Lipinski definition) is 2. The molecule has 1 atom stereocenters. The molecule has 2 aromatic carbocycles. The van der Waals surface area contributed by atoms with E-state index in [0.717, 1.165) is 30.4 Å². The van der Waals surface area contributed by atoms with Crippen LogP contribution < -0.4 is 15.5 Å². The van der Waals surface area contributed by atoms with Crippen LogP contribution in [0.1, 0.15) is 23.4 Å². The van der Waals surface area contributed by atoms with Crippen LogP contribution in [0, 0.1) is 18.6 Å². The first-order valence-electron chi connectivity index (χ1n) is 10.7. The molecule has 2 N–H and O–H groups in total. The largest absolute Gasteiger partial charge is 0.367 e. The molecule has 1 aliphatic rings. The molecule has 1 aromatic heterocycles. The fraction of sp³-hybridized carbons (Fsp3) is 0.333. The van der Waals surface area contributed by atoms with Crippen LogP contribution in [0.25, 0.3) is 0 Å². The Labute approximate surface area is 210 Å². The van der Waals surface area contributed by atoms with Crippen molar-refractivity contribution in [3.63, 3.8) is 0 Å². The summed E-state index contributed by atoms with van der Waals surface area (Å²) in [5.41, 5.74) is 2.80. The molecule has 1 aliphatic heterocycles. The number of rotatable bonds is 6. The monoisotopic (exact) mass is 566 g/mol. The molecule has 176 valence electrons. The summed E-state index contributed by atoms with van der Waals surface area (Å²) in [7, 11) is 1.74. The van der Waals surface area contributed by atoms with Crippen LogP contribution in [-0.2, 0) is 13.1 Å². The summed E-state index contributed by atoms with van der Waals surface area (Å²) >= 11 is 0. The molecule has 6 nitrogen and oxygen atoms in total. The van der Waals surface area contributed by atoms with Crippen LogP contribution in [0.4, 0.5) is 14.5 Å². The fourth-order valence-electron chi connectivity index (χ4n) is 4.01. The lowest BCUT2D eigenvalue weighted by molar-refractivity contribution is 0.580. The van der Waals surface area contributed by atoms with Crippen molar-refractivity contribution in [2.45, 2.75) is 32.5 Å². The van der Waals surface area contributed by atoms with Gasteiger partial charge in [-0.3, -0.25) is 4.99 Å². The maximum absolute atomic E-state index is 14.1. The Hall–Kier alpha value is -2.69. The van der Waals surface area contributed by atoms with Crippen molar-refractivity contribution in [3.05, 3.63) is 83.4 Å². The molecule has 1 unspecified atom stereocenters. The lowest BCUT2D eigenvalue weighted by atomic mass is 10.1. The SMILES string of the molecule is CN=C(NCc1cccc(Cn2ccnc2C)c1)NC1CCN(c2ccc(F)cc2F)C1.I. The molecular formula is C24H29F2IN6. The molecule has 2 heterocycles. The smallest absolute Gasteiger partial charge is 0.191 e. The highest BCUT2D eigenvalue weighted by atomic mass is 127. The van der Waals surface area contributed by atoms with Crippen molar-refractivity contribution < 1.29 is 8.78 Å². The standard InChI is InChI=1S/C24H28F2N6.HI/c1-17-28-9-11-31(17)15-19-5-3-4-18(12-19)14-29-24(27-2)30-21-8-10-32(16-21)23-7-6-20(25)13-22(23)26;/h3-7,9,11-13,21H,8,10,14-16H2,1-2H3,(H2,27,29,30);1H. The summed E-state index contributed by atoms with van der Waals surface area (Å²) in [6.45, 7) is 4.75. The van der Waals surface area contributed by atoms with Gasteiger partial charge in [0.1, 0.15) is 17.5 Å². The lowest BCUT2D eigenvalue weighted by Gasteiger charge is -2.21. The van der Waals surface area contributed by atoms with Gasteiger partial charge in [-0.25, -0.2) is 13.8 Å². The minimum atomic E-state index is -0.561. The number of halogens is 3. The minimum Gasteiger partial charge on any atom is -0.367 e. The van der Waals surface area contributed by atoms with E-state index in [1.807, 2.05) is 24.2 Å². The zero-order valence-electron chi connectivity index (χ0n) is 18.8.